The number of halogens is 1. The van der Waals surface area contributed by atoms with Gasteiger partial charge in [0.15, 0.2) is 0 Å². The summed E-state index contributed by atoms with van der Waals surface area (Å²) in [6.45, 7) is 1.92. The van der Waals surface area contributed by atoms with Gasteiger partial charge in [-0.25, -0.2) is 8.42 Å². The third-order valence-electron chi connectivity index (χ3n) is 4.75. The Morgan fingerprint density at radius 1 is 1.27 bits per heavy atom. The van der Waals surface area contributed by atoms with Gasteiger partial charge in [0.25, 0.3) is 0 Å². The first-order valence-electron chi connectivity index (χ1n) is 9.20. The highest BCUT2D eigenvalue weighted by molar-refractivity contribution is 7.92. The molecule has 0 aliphatic rings. The number of sulfonamides is 1. The molecule has 1 amide bonds. The fraction of sp³-hybridized carbons (Fsp3) is 0.300. The van der Waals surface area contributed by atoms with Gasteiger partial charge < -0.3 is 9.88 Å². The van der Waals surface area contributed by atoms with Crippen LogP contribution in [-0.4, -0.2) is 31.7 Å². The van der Waals surface area contributed by atoms with Gasteiger partial charge in [-0.05, 0) is 49.2 Å². The first-order valence-corrected chi connectivity index (χ1v) is 12.2. The lowest BCUT2D eigenvalue weighted by atomic mass is 10.2. The number of thiazole rings is 1. The van der Waals surface area contributed by atoms with E-state index in [9.17, 15) is 18.0 Å². The molecule has 0 bridgehead atoms. The highest BCUT2D eigenvalue weighted by atomic mass is 35.5. The van der Waals surface area contributed by atoms with Crippen molar-refractivity contribution in [3.8, 4) is 0 Å². The molecule has 0 spiro atoms. The molecule has 0 atom stereocenters. The largest absolute Gasteiger partial charge is 0.326 e. The summed E-state index contributed by atoms with van der Waals surface area (Å²) in [6.07, 6.45) is 1.62. The Kier molecular flexibility index (Phi) is 6.54. The van der Waals surface area contributed by atoms with Gasteiger partial charge in [-0.15, -0.1) is 0 Å². The van der Waals surface area contributed by atoms with Crippen molar-refractivity contribution in [1.82, 2.24) is 4.57 Å². The number of rotatable bonds is 7. The highest BCUT2D eigenvalue weighted by Crippen LogP contribution is 2.28. The maximum Gasteiger partial charge on any atom is 0.307 e. The number of fused-ring (bicyclic) bond motifs is 1. The molecular formula is C20H22ClN3O4S2. The average molecular weight is 468 g/mol. The number of nitrogens with one attached hydrogen (secondary N) is 1. The van der Waals surface area contributed by atoms with E-state index in [0.29, 0.717) is 28.4 Å². The fourth-order valence-electron chi connectivity index (χ4n) is 3.15. The molecule has 7 nitrogen and oxygen atoms in total. The van der Waals surface area contributed by atoms with Gasteiger partial charge in [0.1, 0.15) is 0 Å². The van der Waals surface area contributed by atoms with Gasteiger partial charge in [-0.1, -0.05) is 29.0 Å². The van der Waals surface area contributed by atoms with Crippen molar-refractivity contribution < 1.29 is 13.2 Å². The van der Waals surface area contributed by atoms with Gasteiger partial charge in [-0.3, -0.25) is 13.9 Å². The molecule has 1 N–H and O–H groups in total. The number of amides is 1. The minimum atomic E-state index is -3.53. The molecule has 0 saturated carbocycles. The Hall–Kier alpha value is -2.36. The maximum absolute atomic E-state index is 12.3. The predicted molar refractivity (Wildman–Crippen MR) is 123 cm³/mol. The van der Waals surface area contributed by atoms with Crippen LogP contribution in [-0.2, 0) is 21.9 Å². The van der Waals surface area contributed by atoms with Crippen molar-refractivity contribution >= 4 is 60.5 Å². The van der Waals surface area contributed by atoms with Crippen LogP contribution in [0.4, 0.5) is 11.4 Å². The van der Waals surface area contributed by atoms with E-state index in [-0.39, 0.29) is 23.7 Å². The van der Waals surface area contributed by atoms with E-state index in [0.717, 1.165) is 27.8 Å². The molecule has 0 aliphatic heterocycles. The zero-order chi connectivity index (χ0) is 22.1. The first kappa shape index (κ1) is 22.3. The van der Waals surface area contributed by atoms with Crippen LogP contribution in [0, 0.1) is 6.92 Å². The van der Waals surface area contributed by atoms with E-state index in [4.69, 9.17) is 11.6 Å². The van der Waals surface area contributed by atoms with Crippen LogP contribution in [0.15, 0.2) is 41.2 Å². The summed E-state index contributed by atoms with van der Waals surface area (Å²) in [5.41, 5.74) is 2.59. The Morgan fingerprint density at radius 2 is 2.00 bits per heavy atom. The van der Waals surface area contributed by atoms with Gasteiger partial charge in [0, 0.05) is 30.7 Å². The zero-order valence-electron chi connectivity index (χ0n) is 16.8. The molecule has 0 radical (unpaired) electrons. The fourth-order valence-corrected chi connectivity index (χ4v) is 5.25. The standard InChI is InChI=1S/C20H22ClN3O4S2/c1-13-15(21)6-4-7-16(13)24(30(3,27)28)11-5-8-19(25)22-14-9-10-17-18(12-14)29-20(26)23(17)2/h4,6-7,9-10,12H,5,8,11H2,1-3H3,(H,22,25). The molecule has 0 saturated heterocycles. The van der Waals surface area contributed by atoms with E-state index in [2.05, 4.69) is 5.32 Å². The van der Waals surface area contributed by atoms with Gasteiger partial charge in [0.05, 0.1) is 22.2 Å². The third-order valence-corrected chi connectivity index (χ3v) is 7.33. The normalized spacial score (nSPS) is 11.6. The maximum atomic E-state index is 12.3. The summed E-state index contributed by atoms with van der Waals surface area (Å²) in [5.74, 6) is -0.228. The van der Waals surface area contributed by atoms with Gasteiger partial charge >= 0.3 is 4.87 Å². The van der Waals surface area contributed by atoms with E-state index in [1.807, 2.05) is 0 Å². The number of carbonyl (C=O) groups is 1. The van der Waals surface area contributed by atoms with E-state index >= 15 is 0 Å². The Morgan fingerprint density at radius 3 is 2.70 bits per heavy atom. The van der Waals surface area contributed by atoms with Crippen molar-refractivity contribution in [3.05, 3.63) is 56.7 Å². The first-order chi connectivity index (χ1) is 14.1. The average Bonchev–Trinajstić information content (AvgIpc) is 2.94. The van der Waals surface area contributed by atoms with E-state index < -0.39 is 10.0 Å². The molecule has 30 heavy (non-hydrogen) atoms. The highest BCUT2D eigenvalue weighted by Gasteiger charge is 2.20. The lowest BCUT2D eigenvalue weighted by Crippen LogP contribution is -2.32. The third kappa shape index (κ3) is 4.85. The number of anilines is 2. The Bertz CT molecular complexity index is 1260. The summed E-state index contributed by atoms with van der Waals surface area (Å²) in [7, 11) is -1.82. The van der Waals surface area contributed by atoms with Crippen molar-refractivity contribution in [2.75, 3.05) is 22.4 Å². The number of benzene rings is 2. The predicted octanol–water partition coefficient (Wildman–Crippen LogP) is 3.75. The second-order valence-corrected chi connectivity index (χ2v) is 10.3. The molecule has 3 rings (SSSR count). The SMILES string of the molecule is Cc1c(Cl)cccc1N(CCCC(=O)Nc1ccc2c(c1)sc(=O)n2C)S(C)(=O)=O. The van der Waals surface area contributed by atoms with Crippen molar-refractivity contribution in [1.29, 1.82) is 0 Å². The van der Waals surface area contributed by atoms with E-state index in [1.54, 1.807) is 54.9 Å². The summed E-state index contributed by atoms with van der Waals surface area (Å²) in [4.78, 5) is 24.0. The van der Waals surface area contributed by atoms with Crippen molar-refractivity contribution in [3.63, 3.8) is 0 Å². The molecule has 0 aliphatic carbocycles. The van der Waals surface area contributed by atoms with Crippen LogP contribution in [0.25, 0.3) is 10.2 Å². The quantitative estimate of drug-likeness (QED) is 0.573. The van der Waals surface area contributed by atoms with Crippen LogP contribution in [0.1, 0.15) is 18.4 Å². The molecule has 0 unspecified atom stereocenters. The molecule has 3 aromatic rings. The number of hydrogen-bond donors (Lipinski definition) is 1. The smallest absolute Gasteiger partial charge is 0.307 e. The summed E-state index contributed by atoms with van der Waals surface area (Å²) >= 11 is 7.25. The number of carbonyl (C=O) groups excluding carboxylic acids is 1. The summed E-state index contributed by atoms with van der Waals surface area (Å²) in [6, 6.07) is 10.4. The molecule has 10 heteroatoms. The lowest BCUT2D eigenvalue weighted by Gasteiger charge is -2.24. The van der Waals surface area contributed by atoms with Crippen LogP contribution < -0.4 is 14.5 Å². The van der Waals surface area contributed by atoms with Gasteiger partial charge in [-0.2, -0.15) is 0 Å². The van der Waals surface area contributed by atoms with Gasteiger partial charge in [0.2, 0.25) is 15.9 Å². The van der Waals surface area contributed by atoms with Crippen molar-refractivity contribution in [2.24, 2.45) is 7.05 Å². The second kappa shape index (κ2) is 8.79. The molecule has 160 valence electrons. The van der Waals surface area contributed by atoms with Crippen LogP contribution in [0.3, 0.4) is 0 Å². The van der Waals surface area contributed by atoms with E-state index in [1.165, 1.54) is 4.31 Å². The number of aromatic nitrogens is 1. The lowest BCUT2D eigenvalue weighted by molar-refractivity contribution is -0.116. The van der Waals surface area contributed by atoms with Crippen LogP contribution in [0.5, 0.6) is 0 Å². The second-order valence-electron chi connectivity index (χ2n) is 6.98. The molecule has 0 fully saturated rings. The topological polar surface area (TPSA) is 88.5 Å². The number of nitrogens with zero attached hydrogens (tertiary/aromatic N) is 2. The molecule has 1 heterocycles. The van der Waals surface area contributed by atoms with Crippen LogP contribution in [0.2, 0.25) is 5.02 Å². The molecule has 2 aromatic carbocycles. The zero-order valence-corrected chi connectivity index (χ0v) is 19.2. The molecule has 1 aromatic heterocycles. The number of hydrogen-bond acceptors (Lipinski definition) is 5. The minimum Gasteiger partial charge on any atom is -0.326 e. The Labute approximate surface area is 183 Å². The summed E-state index contributed by atoms with van der Waals surface area (Å²) in [5, 5.41) is 3.29. The minimum absolute atomic E-state index is 0.0642. The molecular weight excluding hydrogens is 446 g/mol. The summed E-state index contributed by atoms with van der Waals surface area (Å²) < 4.78 is 28.2. The van der Waals surface area contributed by atoms with Crippen molar-refractivity contribution in [2.45, 2.75) is 19.8 Å². The Balaban J connectivity index is 1.66. The van der Waals surface area contributed by atoms with Crippen LogP contribution >= 0.6 is 22.9 Å². The number of aryl methyl sites for hydroxylation is 1. The monoisotopic (exact) mass is 467 g/mol.